The maximum atomic E-state index is 13.5. The SMILES string of the molecule is CCC1CC2C=C(c3c[nH]c(-c4ccc(F)cc4)c3-c3ccccn3)CCN2C1. The number of hydrogen-bond donors (Lipinski definition) is 1. The van der Waals surface area contributed by atoms with Crippen LogP contribution in [-0.2, 0) is 0 Å². The maximum absolute atomic E-state index is 13.5. The number of halogens is 1. The number of aromatic amines is 1. The molecule has 3 aromatic rings. The molecule has 0 bridgehead atoms. The molecule has 4 heterocycles. The van der Waals surface area contributed by atoms with Crippen LogP contribution in [0.2, 0.25) is 0 Å². The lowest BCUT2D eigenvalue weighted by Crippen LogP contribution is -2.32. The molecule has 1 fully saturated rings. The van der Waals surface area contributed by atoms with E-state index in [1.165, 1.54) is 42.7 Å². The van der Waals surface area contributed by atoms with Gasteiger partial charge in [-0.2, -0.15) is 0 Å². The molecule has 0 radical (unpaired) electrons. The first kappa shape index (κ1) is 18.3. The van der Waals surface area contributed by atoms with Gasteiger partial charge in [0.2, 0.25) is 0 Å². The van der Waals surface area contributed by atoms with E-state index in [1.54, 1.807) is 0 Å². The number of nitrogens with one attached hydrogen (secondary N) is 1. The van der Waals surface area contributed by atoms with Gasteiger partial charge in [-0.25, -0.2) is 4.39 Å². The molecule has 2 aliphatic heterocycles. The highest BCUT2D eigenvalue weighted by atomic mass is 19.1. The Kier molecular flexibility index (Phi) is 4.80. The molecule has 5 rings (SSSR count). The minimum atomic E-state index is -0.221. The van der Waals surface area contributed by atoms with Gasteiger partial charge in [-0.3, -0.25) is 9.88 Å². The van der Waals surface area contributed by atoms with Crippen LogP contribution in [0.3, 0.4) is 0 Å². The Labute approximate surface area is 171 Å². The van der Waals surface area contributed by atoms with Gasteiger partial charge in [0.15, 0.2) is 0 Å². The third-order valence-electron chi connectivity index (χ3n) is 6.46. The standard InChI is InChI=1S/C25H26FN3/c1-2-17-13-21-14-19(10-12-29(21)16-17)22-15-28-25(18-6-8-20(26)9-7-18)24(22)23-5-3-4-11-27-23/h3-9,11,14-15,17,21,28H,2,10,12-13,16H2,1H3. The molecule has 0 amide bonds. The average Bonchev–Trinajstić information content (AvgIpc) is 3.38. The Morgan fingerprint density at radius 2 is 2.03 bits per heavy atom. The Morgan fingerprint density at radius 1 is 1.17 bits per heavy atom. The molecule has 2 atom stereocenters. The van der Waals surface area contributed by atoms with Gasteiger partial charge in [0.1, 0.15) is 5.82 Å². The minimum Gasteiger partial charge on any atom is -0.360 e. The summed E-state index contributed by atoms with van der Waals surface area (Å²) in [4.78, 5) is 10.7. The van der Waals surface area contributed by atoms with Crippen molar-refractivity contribution in [2.45, 2.75) is 32.2 Å². The zero-order valence-corrected chi connectivity index (χ0v) is 16.7. The summed E-state index contributed by atoms with van der Waals surface area (Å²) in [6.45, 7) is 4.64. The monoisotopic (exact) mass is 387 g/mol. The van der Waals surface area contributed by atoms with E-state index in [-0.39, 0.29) is 5.82 Å². The van der Waals surface area contributed by atoms with Gasteiger partial charge in [0.25, 0.3) is 0 Å². The highest BCUT2D eigenvalue weighted by Gasteiger charge is 2.33. The van der Waals surface area contributed by atoms with Crippen molar-refractivity contribution in [3.05, 3.63) is 72.3 Å². The van der Waals surface area contributed by atoms with Gasteiger partial charge >= 0.3 is 0 Å². The molecule has 2 unspecified atom stereocenters. The first-order valence-corrected chi connectivity index (χ1v) is 10.6. The molecule has 4 heteroatoms. The summed E-state index contributed by atoms with van der Waals surface area (Å²) in [5.41, 5.74) is 6.66. The fourth-order valence-electron chi connectivity index (χ4n) is 4.86. The summed E-state index contributed by atoms with van der Waals surface area (Å²) in [6.07, 6.45) is 9.98. The van der Waals surface area contributed by atoms with Gasteiger partial charge in [0.05, 0.1) is 11.4 Å². The normalized spacial score (nSPS) is 21.8. The van der Waals surface area contributed by atoms with Crippen LogP contribution in [0.1, 0.15) is 31.7 Å². The second-order valence-electron chi connectivity index (χ2n) is 8.19. The molecule has 0 spiro atoms. The molecular formula is C25H26FN3. The molecule has 29 heavy (non-hydrogen) atoms. The van der Waals surface area contributed by atoms with E-state index in [0.29, 0.717) is 6.04 Å². The second kappa shape index (κ2) is 7.60. The van der Waals surface area contributed by atoms with Crippen LogP contribution >= 0.6 is 0 Å². The van der Waals surface area contributed by atoms with Crippen molar-refractivity contribution in [3.63, 3.8) is 0 Å². The van der Waals surface area contributed by atoms with Crippen LogP contribution in [0, 0.1) is 11.7 Å². The number of nitrogens with zero attached hydrogens (tertiary/aromatic N) is 2. The Hall–Kier alpha value is -2.72. The number of benzene rings is 1. The summed E-state index contributed by atoms with van der Waals surface area (Å²) in [6, 6.07) is 13.2. The molecule has 1 N–H and O–H groups in total. The van der Waals surface area contributed by atoms with E-state index < -0.39 is 0 Å². The third-order valence-corrected chi connectivity index (χ3v) is 6.46. The number of rotatable bonds is 4. The smallest absolute Gasteiger partial charge is 0.123 e. The van der Waals surface area contributed by atoms with Crippen LogP contribution in [0.5, 0.6) is 0 Å². The van der Waals surface area contributed by atoms with E-state index in [2.05, 4.69) is 40.1 Å². The Balaban J connectivity index is 1.60. The van der Waals surface area contributed by atoms with Gasteiger partial charge in [0, 0.05) is 42.7 Å². The second-order valence-corrected chi connectivity index (χ2v) is 8.19. The Morgan fingerprint density at radius 3 is 2.79 bits per heavy atom. The minimum absolute atomic E-state index is 0.221. The van der Waals surface area contributed by atoms with E-state index in [9.17, 15) is 4.39 Å². The fourth-order valence-corrected chi connectivity index (χ4v) is 4.86. The van der Waals surface area contributed by atoms with Crippen LogP contribution in [0.4, 0.5) is 4.39 Å². The van der Waals surface area contributed by atoms with Crippen molar-refractivity contribution in [2.75, 3.05) is 13.1 Å². The molecule has 0 aliphatic carbocycles. The number of pyridine rings is 1. The lowest BCUT2D eigenvalue weighted by atomic mass is 9.91. The van der Waals surface area contributed by atoms with Crippen molar-refractivity contribution >= 4 is 5.57 Å². The molecule has 2 aromatic heterocycles. The van der Waals surface area contributed by atoms with Crippen molar-refractivity contribution in [3.8, 4) is 22.5 Å². The zero-order chi connectivity index (χ0) is 19.8. The largest absolute Gasteiger partial charge is 0.360 e. The maximum Gasteiger partial charge on any atom is 0.123 e. The topological polar surface area (TPSA) is 31.9 Å². The summed E-state index contributed by atoms with van der Waals surface area (Å²) < 4.78 is 13.5. The van der Waals surface area contributed by atoms with Crippen molar-refractivity contribution in [1.29, 1.82) is 0 Å². The summed E-state index contributed by atoms with van der Waals surface area (Å²) in [7, 11) is 0. The number of fused-ring (bicyclic) bond motifs is 1. The van der Waals surface area contributed by atoms with Crippen LogP contribution < -0.4 is 0 Å². The van der Waals surface area contributed by atoms with E-state index in [1.807, 2.05) is 30.5 Å². The summed E-state index contributed by atoms with van der Waals surface area (Å²) in [5, 5.41) is 0. The summed E-state index contributed by atoms with van der Waals surface area (Å²) in [5.74, 6) is 0.591. The summed E-state index contributed by atoms with van der Waals surface area (Å²) >= 11 is 0. The highest BCUT2D eigenvalue weighted by Crippen LogP contribution is 2.41. The molecule has 0 saturated carbocycles. The lowest BCUT2D eigenvalue weighted by Gasteiger charge is -2.28. The number of H-pyrrole nitrogens is 1. The number of hydrogen-bond acceptors (Lipinski definition) is 2. The molecular weight excluding hydrogens is 361 g/mol. The van der Waals surface area contributed by atoms with E-state index in [4.69, 9.17) is 0 Å². The first-order valence-electron chi connectivity index (χ1n) is 10.6. The molecule has 148 valence electrons. The fraction of sp³-hybridized carbons (Fsp3) is 0.320. The highest BCUT2D eigenvalue weighted by molar-refractivity contribution is 5.90. The lowest BCUT2D eigenvalue weighted by molar-refractivity contribution is 0.281. The zero-order valence-electron chi connectivity index (χ0n) is 16.7. The van der Waals surface area contributed by atoms with E-state index >= 15 is 0 Å². The van der Waals surface area contributed by atoms with Crippen LogP contribution in [-0.4, -0.2) is 34.0 Å². The predicted molar refractivity (Wildman–Crippen MR) is 116 cm³/mol. The molecule has 2 aliphatic rings. The molecule has 3 nitrogen and oxygen atoms in total. The third kappa shape index (κ3) is 3.42. The van der Waals surface area contributed by atoms with E-state index in [0.717, 1.165) is 41.4 Å². The van der Waals surface area contributed by atoms with Gasteiger partial charge in [-0.05, 0) is 66.3 Å². The first-order chi connectivity index (χ1) is 14.2. The van der Waals surface area contributed by atoms with Crippen LogP contribution in [0.15, 0.2) is 60.9 Å². The number of aromatic nitrogens is 2. The van der Waals surface area contributed by atoms with Crippen molar-refractivity contribution in [2.24, 2.45) is 5.92 Å². The molecule has 1 aromatic carbocycles. The average molecular weight is 388 g/mol. The predicted octanol–water partition coefficient (Wildman–Crippen LogP) is 5.77. The molecule has 1 saturated heterocycles. The quantitative estimate of drug-likeness (QED) is 0.616. The van der Waals surface area contributed by atoms with Crippen molar-refractivity contribution in [1.82, 2.24) is 14.9 Å². The Bertz CT molecular complexity index is 1020. The van der Waals surface area contributed by atoms with Gasteiger partial charge in [-0.15, -0.1) is 0 Å². The van der Waals surface area contributed by atoms with Crippen LogP contribution in [0.25, 0.3) is 28.1 Å². The van der Waals surface area contributed by atoms with Gasteiger partial charge in [-0.1, -0.05) is 25.5 Å². The van der Waals surface area contributed by atoms with Gasteiger partial charge < -0.3 is 4.98 Å². The van der Waals surface area contributed by atoms with Crippen molar-refractivity contribution < 1.29 is 4.39 Å².